The zero-order valence-electron chi connectivity index (χ0n) is 15.7. The first-order valence-corrected chi connectivity index (χ1v) is 9.43. The molecule has 1 heterocycles. The van der Waals surface area contributed by atoms with Gasteiger partial charge in [-0.3, -0.25) is 9.69 Å². The van der Waals surface area contributed by atoms with Gasteiger partial charge in [0.05, 0.1) is 6.42 Å². The Balaban J connectivity index is 1.33. The minimum atomic E-state index is -2.84. The van der Waals surface area contributed by atoms with Gasteiger partial charge in [-0.1, -0.05) is 30.3 Å². The Hall–Kier alpha value is -2.67. The molecule has 0 atom stereocenters. The lowest BCUT2D eigenvalue weighted by Gasteiger charge is -2.36. The van der Waals surface area contributed by atoms with Crippen LogP contribution in [0.3, 0.4) is 0 Å². The Morgan fingerprint density at radius 1 is 1.00 bits per heavy atom. The van der Waals surface area contributed by atoms with Crippen LogP contribution in [-0.2, 0) is 11.2 Å². The van der Waals surface area contributed by atoms with Crippen molar-refractivity contribution in [3.8, 4) is 5.75 Å². The first-order chi connectivity index (χ1) is 13.6. The smallest absolute Gasteiger partial charge is 0.387 e. The van der Waals surface area contributed by atoms with Gasteiger partial charge in [-0.25, -0.2) is 0 Å². The molecule has 1 aliphatic rings. The Labute approximate surface area is 163 Å². The number of para-hydroxylation sites is 1. The van der Waals surface area contributed by atoms with Crippen LogP contribution >= 0.6 is 0 Å². The molecule has 2 aromatic rings. The molecular weight excluding hydrogens is 364 g/mol. The van der Waals surface area contributed by atoms with Crippen LogP contribution in [-0.4, -0.2) is 56.7 Å². The molecule has 2 aromatic carbocycles. The molecule has 1 amide bonds. The lowest BCUT2D eigenvalue weighted by Crippen LogP contribution is -2.48. The van der Waals surface area contributed by atoms with Gasteiger partial charge < -0.3 is 15.0 Å². The molecule has 1 N–H and O–H groups in total. The third-order valence-corrected chi connectivity index (χ3v) is 4.76. The Morgan fingerprint density at radius 3 is 2.32 bits per heavy atom. The molecule has 7 heteroatoms. The maximum absolute atomic E-state index is 12.1. The minimum Gasteiger partial charge on any atom is -0.435 e. The van der Waals surface area contributed by atoms with Crippen LogP contribution in [0.1, 0.15) is 5.56 Å². The monoisotopic (exact) mass is 389 g/mol. The summed E-state index contributed by atoms with van der Waals surface area (Å²) in [6, 6.07) is 16.5. The van der Waals surface area contributed by atoms with Gasteiger partial charge in [-0.05, 0) is 29.8 Å². The lowest BCUT2D eigenvalue weighted by atomic mass is 10.1. The number of amides is 1. The molecule has 0 aromatic heterocycles. The molecule has 0 radical (unpaired) electrons. The van der Waals surface area contributed by atoms with Crippen molar-refractivity contribution in [2.45, 2.75) is 13.0 Å². The van der Waals surface area contributed by atoms with Crippen LogP contribution < -0.4 is 15.0 Å². The van der Waals surface area contributed by atoms with E-state index in [4.69, 9.17) is 0 Å². The van der Waals surface area contributed by atoms with Crippen LogP contribution in [0.25, 0.3) is 0 Å². The van der Waals surface area contributed by atoms with E-state index in [1.165, 1.54) is 17.8 Å². The molecule has 28 heavy (non-hydrogen) atoms. The minimum absolute atomic E-state index is 0.0783. The van der Waals surface area contributed by atoms with Crippen molar-refractivity contribution in [1.29, 1.82) is 0 Å². The second-order valence-electron chi connectivity index (χ2n) is 6.71. The largest absolute Gasteiger partial charge is 0.435 e. The zero-order chi connectivity index (χ0) is 19.8. The van der Waals surface area contributed by atoms with Crippen molar-refractivity contribution >= 4 is 11.6 Å². The van der Waals surface area contributed by atoms with E-state index < -0.39 is 6.61 Å². The van der Waals surface area contributed by atoms with Crippen LogP contribution in [0.15, 0.2) is 54.6 Å². The number of carbonyl (C=O) groups excluding carboxylic acids is 1. The molecule has 1 aliphatic heterocycles. The predicted molar refractivity (Wildman–Crippen MR) is 105 cm³/mol. The van der Waals surface area contributed by atoms with E-state index in [0.717, 1.165) is 38.3 Å². The molecule has 1 fully saturated rings. The number of hydrogen-bond donors (Lipinski definition) is 1. The maximum Gasteiger partial charge on any atom is 0.387 e. The molecular formula is C21H25F2N3O2. The van der Waals surface area contributed by atoms with Crippen LogP contribution in [0.5, 0.6) is 5.75 Å². The number of nitrogens with zero attached hydrogens (tertiary/aromatic N) is 2. The standard InChI is InChI=1S/C21H25F2N3O2/c22-21(23)28-19-8-6-17(7-9-19)16-20(27)24-10-11-25-12-14-26(15-13-25)18-4-2-1-3-5-18/h1-9,21H,10-16H2,(H,24,27). The Bertz CT molecular complexity index is 733. The van der Waals surface area contributed by atoms with Crippen LogP contribution in [0.4, 0.5) is 14.5 Å². The molecule has 150 valence electrons. The number of nitrogens with one attached hydrogen (secondary N) is 1. The number of alkyl halides is 2. The van der Waals surface area contributed by atoms with Gasteiger partial charge in [0.25, 0.3) is 0 Å². The number of piperazine rings is 1. The van der Waals surface area contributed by atoms with E-state index in [-0.39, 0.29) is 18.1 Å². The first kappa shape index (κ1) is 20.1. The van der Waals surface area contributed by atoms with Gasteiger partial charge in [0.2, 0.25) is 5.91 Å². The van der Waals surface area contributed by atoms with Crippen molar-refractivity contribution in [2.24, 2.45) is 0 Å². The van der Waals surface area contributed by atoms with Gasteiger partial charge in [0.1, 0.15) is 5.75 Å². The lowest BCUT2D eigenvalue weighted by molar-refractivity contribution is -0.120. The highest BCUT2D eigenvalue weighted by atomic mass is 19.3. The maximum atomic E-state index is 12.1. The van der Waals surface area contributed by atoms with Crippen LogP contribution in [0.2, 0.25) is 0 Å². The van der Waals surface area contributed by atoms with Crippen molar-refractivity contribution in [2.75, 3.05) is 44.2 Å². The third kappa shape index (κ3) is 6.20. The SMILES string of the molecule is O=C(Cc1ccc(OC(F)F)cc1)NCCN1CCN(c2ccccc2)CC1. The average molecular weight is 389 g/mol. The highest BCUT2D eigenvalue weighted by Gasteiger charge is 2.16. The number of hydrogen-bond acceptors (Lipinski definition) is 4. The zero-order valence-corrected chi connectivity index (χ0v) is 15.7. The molecule has 0 bridgehead atoms. The highest BCUT2D eigenvalue weighted by Crippen LogP contribution is 2.16. The molecule has 0 aliphatic carbocycles. The average Bonchev–Trinajstić information content (AvgIpc) is 2.70. The molecule has 0 unspecified atom stereocenters. The number of benzene rings is 2. The molecule has 3 rings (SSSR count). The van der Waals surface area contributed by atoms with Crippen molar-refractivity contribution in [3.63, 3.8) is 0 Å². The summed E-state index contributed by atoms with van der Waals surface area (Å²) in [5, 5.41) is 2.92. The first-order valence-electron chi connectivity index (χ1n) is 9.43. The summed E-state index contributed by atoms with van der Waals surface area (Å²) in [7, 11) is 0. The van der Waals surface area contributed by atoms with Gasteiger partial charge in [0, 0.05) is 45.0 Å². The van der Waals surface area contributed by atoms with Gasteiger partial charge >= 0.3 is 6.61 Å². The predicted octanol–water partition coefficient (Wildman–Crippen LogP) is 2.77. The summed E-state index contributed by atoms with van der Waals surface area (Å²) in [4.78, 5) is 16.8. The number of ether oxygens (including phenoxy) is 1. The summed E-state index contributed by atoms with van der Waals surface area (Å²) in [6.07, 6.45) is 0.219. The Morgan fingerprint density at radius 2 is 1.68 bits per heavy atom. The fraction of sp³-hybridized carbons (Fsp3) is 0.381. The van der Waals surface area contributed by atoms with E-state index in [1.54, 1.807) is 12.1 Å². The topological polar surface area (TPSA) is 44.8 Å². The Kier molecular flexibility index (Phi) is 7.19. The quantitative estimate of drug-likeness (QED) is 0.754. The van der Waals surface area contributed by atoms with E-state index in [9.17, 15) is 13.6 Å². The van der Waals surface area contributed by atoms with Crippen molar-refractivity contribution in [1.82, 2.24) is 10.2 Å². The summed E-state index contributed by atoms with van der Waals surface area (Å²) >= 11 is 0. The summed E-state index contributed by atoms with van der Waals surface area (Å²) < 4.78 is 28.6. The molecule has 1 saturated heterocycles. The van der Waals surface area contributed by atoms with Gasteiger partial charge in [-0.15, -0.1) is 0 Å². The fourth-order valence-electron chi connectivity index (χ4n) is 3.26. The van der Waals surface area contributed by atoms with Gasteiger partial charge in [-0.2, -0.15) is 8.78 Å². The van der Waals surface area contributed by atoms with Crippen LogP contribution in [0, 0.1) is 0 Å². The van der Waals surface area contributed by atoms with E-state index in [2.05, 4.69) is 44.1 Å². The van der Waals surface area contributed by atoms with Crippen molar-refractivity contribution < 1.29 is 18.3 Å². The van der Waals surface area contributed by atoms with Crippen molar-refractivity contribution in [3.05, 3.63) is 60.2 Å². The third-order valence-electron chi connectivity index (χ3n) is 4.76. The fourth-order valence-corrected chi connectivity index (χ4v) is 3.26. The van der Waals surface area contributed by atoms with E-state index in [0.29, 0.717) is 6.54 Å². The second kappa shape index (κ2) is 10.0. The summed E-state index contributed by atoms with van der Waals surface area (Å²) in [5.74, 6) is 0.0132. The second-order valence-corrected chi connectivity index (χ2v) is 6.71. The van der Waals surface area contributed by atoms with E-state index >= 15 is 0 Å². The number of rotatable bonds is 8. The normalized spacial score (nSPS) is 14.9. The molecule has 5 nitrogen and oxygen atoms in total. The number of carbonyl (C=O) groups is 1. The number of halogens is 2. The van der Waals surface area contributed by atoms with Gasteiger partial charge in [0.15, 0.2) is 0 Å². The molecule has 0 spiro atoms. The van der Waals surface area contributed by atoms with E-state index in [1.807, 2.05) is 6.07 Å². The highest BCUT2D eigenvalue weighted by molar-refractivity contribution is 5.78. The molecule has 0 saturated carbocycles. The summed E-state index contributed by atoms with van der Waals surface area (Å²) in [5.41, 5.74) is 2.01. The summed E-state index contributed by atoms with van der Waals surface area (Å²) in [6.45, 7) is 2.46. The number of anilines is 1.